The van der Waals surface area contributed by atoms with Gasteiger partial charge in [0.1, 0.15) is 5.75 Å². The molecule has 2 aromatic carbocycles. The van der Waals surface area contributed by atoms with Crippen LogP contribution in [0.4, 0.5) is 5.69 Å². The number of aryl methyl sites for hydroxylation is 1. The lowest BCUT2D eigenvalue weighted by molar-refractivity contribution is 0.281. The fraction of sp³-hybridized carbons (Fsp3) is 0.143. The van der Waals surface area contributed by atoms with Gasteiger partial charge >= 0.3 is 0 Å². The average molecular weight is 229 g/mol. The van der Waals surface area contributed by atoms with Crippen molar-refractivity contribution in [1.29, 1.82) is 0 Å². The third-order valence-corrected chi connectivity index (χ3v) is 2.48. The predicted octanol–water partition coefficient (Wildman–Crippen LogP) is 2.86. The number of ether oxygens (including phenoxy) is 1. The number of aliphatic hydroxyl groups excluding tert-OH is 1. The lowest BCUT2D eigenvalue weighted by atomic mass is 10.2. The summed E-state index contributed by atoms with van der Waals surface area (Å²) < 4.78 is 5.70. The minimum Gasteiger partial charge on any atom is -0.455 e. The SMILES string of the molecule is Cc1ccc(N)c(Oc2cccc(CO)c2)c1. The highest BCUT2D eigenvalue weighted by Crippen LogP contribution is 2.28. The molecule has 0 atom stereocenters. The molecule has 0 spiro atoms. The Bertz CT molecular complexity index is 523. The molecule has 0 aromatic heterocycles. The molecule has 17 heavy (non-hydrogen) atoms. The fourth-order valence-corrected chi connectivity index (χ4v) is 1.56. The maximum absolute atomic E-state index is 9.05. The van der Waals surface area contributed by atoms with Crippen molar-refractivity contribution in [3.63, 3.8) is 0 Å². The minimum absolute atomic E-state index is 0.000496. The molecule has 0 aliphatic rings. The molecule has 0 radical (unpaired) electrons. The highest BCUT2D eigenvalue weighted by molar-refractivity contribution is 5.55. The molecule has 3 nitrogen and oxygen atoms in total. The van der Waals surface area contributed by atoms with E-state index in [-0.39, 0.29) is 6.61 Å². The number of aliphatic hydroxyl groups is 1. The number of anilines is 1. The highest BCUT2D eigenvalue weighted by Gasteiger charge is 2.03. The minimum atomic E-state index is 0.000496. The third kappa shape index (κ3) is 2.77. The van der Waals surface area contributed by atoms with Gasteiger partial charge in [0.2, 0.25) is 0 Å². The van der Waals surface area contributed by atoms with Gasteiger partial charge in [-0.25, -0.2) is 0 Å². The zero-order valence-corrected chi connectivity index (χ0v) is 9.68. The fourth-order valence-electron chi connectivity index (χ4n) is 1.56. The Morgan fingerprint density at radius 2 is 2.00 bits per heavy atom. The summed E-state index contributed by atoms with van der Waals surface area (Å²) in [7, 11) is 0. The van der Waals surface area contributed by atoms with E-state index < -0.39 is 0 Å². The number of benzene rings is 2. The Morgan fingerprint density at radius 1 is 1.18 bits per heavy atom. The van der Waals surface area contributed by atoms with Crippen molar-refractivity contribution in [3.8, 4) is 11.5 Å². The smallest absolute Gasteiger partial charge is 0.150 e. The molecule has 0 unspecified atom stereocenters. The van der Waals surface area contributed by atoms with Gasteiger partial charge < -0.3 is 15.6 Å². The Balaban J connectivity index is 2.27. The number of nitrogens with two attached hydrogens (primary N) is 1. The maximum atomic E-state index is 9.05. The number of hydrogen-bond donors (Lipinski definition) is 2. The first kappa shape index (κ1) is 11.5. The molecule has 0 saturated heterocycles. The molecule has 2 rings (SSSR count). The molecule has 0 amide bonds. The van der Waals surface area contributed by atoms with Gasteiger partial charge in [-0.3, -0.25) is 0 Å². The van der Waals surface area contributed by atoms with Crippen LogP contribution in [0.5, 0.6) is 11.5 Å². The highest BCUT2D eigenvalue weighted by atomic mass is 16.5. The van der Waals surface area contributed by atoms with E-state index in [9.17, 15) is 0 Å². The maximum Gasteiger partial charge on any atom is 0.150 e. The molecule has 3 heteroatoms. The summed E-state index contributed by atoms with van der Waals surface area (Å²) in [6, 6.07) is 13.0. The second kappa shape index (κ2) is 4.89. The average Bonchev–Trinajstić information content (AvgIpc) is 2.34. The molecule has 0 aliphatic heterocycles. The Hall–Kier alpha value is -2.00. The van der Waals surface area contributed by atoms with Crippen molar-refractivity contribution in [2.45, 2.75) is 13.5 Å². The molecule has 2 aromatic rings. The molecular formula is C14H15NO2. The van der Waals surface area contributed by atoms with Crippen molar-refractivity contribution in [3.05, 3.63) is 53.6 Å². The first-order valence-electron chi connectivity index (χ1n) is 5.43. The van der Waals surface area contributed by atoms with Crippen LogP contribution in [0.2, 0.25) is 0 Å². The summed E-state index contributed by atoms with van der Waals surface area (Å²) >= 11 is 0. The quantitative estimate of drug-likeness (QED) is 0.796. The van der Waals surface area contributed by atoms with E-state index >= 15 is 0 Å². The molecule has 0 aliphatic carbocycles. The molecule has 0 bridgehead atoms. The van der Waals surface area contributed by atoms with E-state index in [0.29, 0.717) is 17.2 Å². The van der Waals surface area contributed by atoms with Crippen LogP contribution in [-0.4, -0.2) is 5.11 Å². The summed E-state index contributed by atoms with van der Waals surface area (Å²) in [4.78, 5) is 0. The van der Waals surface area contributed by atoms with E-state index in [2.05, 4.69) is 0 Å². The van der Waals surface area contributed by atoms with E-state index in [1.54, 1.807) is 6.07 Å². The number of nitrogen functional groups attached to an aromatic ring is 1. The van der Waals surface area contributed by atoms with Crippen LogP contribution in [0, 0.1) is 6.92 Å². The van der Waals surface area contributed by atoms with Crippen LogP contribution in [0.1, 0.15) is 11.1 Å². The molecule has 0 heterocycles. The van der Waals surface area contributed by atoms with Gasteiger partial charge in [0.15, 0.2) is 5.75 Å². The van der Waals surface area contributed by atoms with Crippen LogP contribution in [0.15, 0.2) is 42.5 Å². The van der Waals surface area contributed by atoms with Crippen molar-refractivity contribution in [2.24, 2.45) is 0 Å². The van der Waals surface area contributed by atoms with Gasteiger partial charge in [-0.2, -0.15) is 0 Å². The lowest BCUT2D eigenvalue weighted by Crippen LogP contribution is -1.93. The van der Waals surface area contributed by atoms with Gasteiger partial charge in [-0.15, -0.1) is 0 Å². The zero-order valence-electron chi connectivity index (χ0n) is 9.68. The molecule has 0 fully saturated rings. The van der Waals surface area contributed by atoms with Crippen LogP contribution in [0.3, 0.4) is 0 Å². The molecule has 3 N–H and O–H groups in total. The molecular weight excluding hydrogens is 214 g/mol. The first-order valence-corrected chi connectivity index (χ1v) is 5.43. The van der Waals surface area contributed by atoms with Gasteiger partial charge in [0, 0.05) is 0 Å². The van der Waals surface area contributed by atoms with Crippen LogP contribution in [-0.2, 0) is 6.61 Å². The standard InChI is InChI=1S/C14H15NO2/c1-10-5-6-13(15)14(7-10)17-12-4-2-3-11(8-12)9-16/h2-8,16H,9,15H2,1H3. The van der Waals surface area contributed by atoms with Crippen molar-refractivity contribution in [2.75, 3.05) is 5.73 Å². The Labute approximate surface area is 100 Å². The normalized spacial score (nSPS) is 10.2. The topological polar surface area (TPSA) is 55.5 Å². The number of rotatable bonds is 3. The summed E-state index contributed by atoms with van der Waals surface area (Å²) in [6.07, 6.45) is 0. The predicted molar refractivity (Wildman–Crippen MR) is 68.0 cm³/mol. The van der Waals surface area contributed by atoms with Crippen LogP contribution >= 0.6 is 0 Å². The Kier molecular flexibility index (Phi) is 3.30. The van der Waals surface area contributed by atoms with Gasteiger partial charge in [-0.05, 0) is 42.3 Å². The van der Waals surface area contributed by atoms with Gasteiger partial charge in [-0.1, -0.05) is 18.2 Å². The zero-order chi connectivity index (χ0) is 12.3. The van der Waals surface area contributed by atoms with Crippen LogP contribution < -0.4 is 10.5 Å². The third-order valence-electron chi connectivity index (χ3n) is 2.48. The molecule has 0 saturated carbocycles. The van der Waals surface area contributed by atoms with E-state index in [4.69, 9.17) is 15.6 Å². The van der Waals surface area contributed by atoms with Crippen molar-refractivity contribution < 1.29 is 9.84 Å². The summed E-state index contributed by atoms with van der Waals surface area (Å²) in [5, 5.41) is 9.05. The lowest BCUT2D eigenvalue weighted by Gasteiger charge is -2.10. The summed E-state index contributed by atoms with van der Waals surface area (Å²) in [5.74, 6) is 1.31. The summed E-state index contributed by atoms with van der Waals surface area (Å²) in [6.45, 7) is 1.98. The van der Waals surface area contributed by atoms with E-state index in [1.807, 2.05) is 43.3 Å². The van der Waals surface area contributed by atoms with Gasteiger partial charge in [0.05, 0.1) is 12.3 Å². The number of hydrogen-bond acceptors (Lipinski definition) is 3. The van der Waals surface area contributed by atoms with Crippen molar-refractivity contribution >= 4 is 5.69 Å². The van der Waals surface area contributed by atoms with Crippen molar-refractivity contribution in [1.82, 2.24) is 0 Å². The first-order chi connectivity index (χ1) is 8.19. The monoisotopic (exact) mass is 229 g/mol. The second-order valence-electron chi connectivity index (χ2n) is 3.95. The summed E-state index contributed by atoms with van der Waals surface area (Å²) in [5.41, 5.74) is 8.34. The second-order valence-corrected chi connectivity index (χ2v) is 3.95. The largest absolute Gasteiger partial charge is 0.455 e. The van der Waals surface area contributed by atoms with Crippen LogP contribution in [0.25, 0.3) is 0 Å². The molecule has 88 valence electrons. The van der Waals surface area contributed by atoms with Gasteiger partial charge in [0.25, 0.3) is 0 Å². The van der Waals surface area contributed by atoms with E-state index in [1.165, 1.54) is 0 Å². The Morgan fingerprint density at radius 3 is 2.76 bits per heavy atom. The van der Waals surface area contributed by atoms with E-state index in [0.717, 1.165) is 11.1 Å².